The first-order valence-corrected chi connectivity index (χ1v) is 7.99. The number of benzene rings is 1. The number of carbonyl (C=O) groups excluding carboxylic acids is 2. The standard InChI is InChI=1S/C18H24N2O2/c1-3-5-14(2)19-17(21)12-9-15-7-10-16(11-8-15)20-13-4-6-18(20)22/h7-12,14H,3-6,13H2,1-2H3,(H,19,21)/b12-9+. The predicted molar refractivity (Wildman–Crippen MR) is 89.6 cm³/mol. The van der Waals surface area contributed by atoms with Crippen LogP contribution < -0.4 is 10.2 Å². The van der Waals surface area contributed by atoms with Crippen LogP contribution in [0.3, 0.4) is 0 Å². The van der Waals surface area contributed by atoms with E-state index < -0.39 is 0 Å². The van der Waals surface area contributed by atoms with E-state index in [0.717, 1.165) is 37.1 Å². The van der Waals surface area contributed by atoms with E-state index in [0.29, 0.717) is 6.42 Å². The van der Waals surface area contributed by atoms with Crippen LogP contribution in [0.4, 0.5) is 5.69 Å². The fourth-order valence-electron chi connectivity index (χ4n) is 2.65. The van der Waals surface area contributed by atoms with Crippen molar-refractivity contribution >= 4 is 23.6 Å². The van der Waals surface area contributed by atoms with Gasteiger partial charge < -0.3 is 10.2 Å². The molecule has 4 nitrogen and oxygen atoms in total. The van der Waals surface area contributed by atoms with Gasteiger partial charge in [0, 0.05) is 30.8 Å². The smallest absolute Gasteiger partial charge is 0.244 e. The van der Waals surface area contributed by atoms with Crippen LogP contribution in [0.1, 0.15) is 45.1 Å². The summed E-state index contributed by atoms with van der Waals surface area (Å²) in [6.45, 7) is 4.91. The van der Waals surface area contributed by atoms with Gasteiger partial charge in [-0.2, -0.15) is 0 Å². The zero-order chi connectivity index (χ0) is 15.9. The molecule has 1 aromatic carbocycles. The highest BCUT2D eigenvalue weighted by atomic mass is 16.2. The van der Waals surface area contributed by atoms with Crippen molar-refractivity contribution in [3.05, 3.63) is 35.9 Å². The van der Waals surface area contributed by atoms with Gasteiger partial charge in [-0.05, 0) is 43.5 Å². The zero-order valence-corrected chi connectivity index (χ0v) is 13.3. The second-order valence-corrected chi connectivity index (χ2v) is 5.77. The Kier molecular flexibility index (Phi) is 5.75. The van der Waals surface area contributed by atoms with Crippen LogP contribution in [0.5, 0.6) is 0 Å². The highest BCUT2D eigenvalue weighted by Crippen LogP contribution is 2.21. The normalized spacial score (nSPS) is 16.3. The van der Waals surface area contributed by atoms with Gasteiger partial charge in [0.1, 0.15) is 0 Å². The molecule has 2 rings (SSSR count). The maximum atomic E-state index is 11.8. The molecule has 1 heterocycles. The molecule has 0 spiro atoms. The molecule has 1 fully saturated rings. The fourth-order valence-corrected chi connectivity index (χ4v) is 2.65. The van der Waals surface area contributed by atoms with Gasteiger partial charge in [-0.25, -0.2) is 0 Å². The summed E-state index contributed by atoms with van der Waals surface area (Å²) in [5.41, 5.74) is 1.88. The van der Waals surface area contributed by atoms with Crippen LogP contribution in [0, 0.1) is 0 Å². The number of hydrogen-bond donors (Lipinski definition) is 1. The Labute approximate surface area is 132 Å². The van der Waals surface area contributed by atoms with Crippen molar-refractivity contribution in [2.75, 3.05) is 11.4 Å². The van der Waals surface area contributed by atoms with E-state index >= 15 is 0 Å². The molecule has 1 N–H and O–H groups in total. The molecule has 118 valence electrons. The minimum Gasteiger partial charge on any atom is -0.350 e. The van der Waals surface area contributed by atoms with Crippen molar-refractivity contribution < 1.29 is 9.59 Å². The summed E-state index contributed by atoms with van der Waals surface area (Å²) in [5, 5.41) is 2.93. The van der Waals surface area contributed by atoms with E-state index in [2.05, 4.69) is 12.2 Å². The molecular weight excluding hydrogens is 276 g/mol. The zero-order valence-electron chi connectivity index (χ0n) is 13.3. The molecule has 0 aromatic heterocycles. The van der Waals surface area contributed by atoms with Crippen LogP contribution in [0.15, 0.2) is 30.3 Å². The van der Waals surface area contributed by atoms with Gasteiger partial charge in [0.05, 0.1) is 0 Å². The van der Waals surface area contributed by atoms with Gasteiger partial charge >= 0.3 is 0 Å². The minimum atomic E-state index is -0.0697. The summed E-state index contributed by atoms with van der Waals surface area (Å²) in [7, 11) is 0. The number of amides is 2. The lowest BCUT2D eigenvalue weighted by molar-refractivity contribution is -0.117. The van der Waals surface area contributed by atoms with E-state index in [1.165, 1.54) is 0 Å². The number of carbonyl (C=O) groups is 2. The van der Waals surface area contributed by atoms with E-state index in [1.54, 1.807) is 12.2 Å². The third-order valence-corrected chi connectivity index (χ3v) is 3.82. The SMILES string of the molecule is CCCC(C)NC(=O)/C=C/c1ccc(N2CCCC2=O)cc1. The Morgan fingerprint density at radius 3 is 2.68 bits per heavy atom. The van der Waals surface area contributed by atoms with Gasteiger partial charge in [0.25, 0.3) is 0 Å². The van der Waals surface area contributed by atoms with Crippen LogP contribution in [-0.4, -0.2) is 24.4 Å². The molecule has 22 heavy (non-hydrogen) atoms. The second kappa shape index (κ2) is 7.78. The number of nitrogens with zero attached hydrogens (tertiary/aromatic N) is 1. The monoisotopic (exact) mass is 300 g/mol. The quantitative estimate of drug-likeness (QED) is 0.821. The third-order valence-electron chi connectivity index (χ3n) is 3.82. The number of rotatable bonds is 6. The van der Waals surface area contributed by atoms with Crippen molar-refractivity contribution in [3.8, 4) is 0 Å². The summed E-state index contributed by atoms with van der Waals surface area (Å²) in [6, 6.07) is 7.92. The van der Waals surface area contributed by atoms with Gasteiger partial charge in [-0.3, -0.25) is 9.59 Å². The summed E-state index contributed by atoms with van der Waals surface area (Å²) in [5.74, 6) is 0.118. The molecule has 1 saturated heterocycles. The molecule has 0 aliphatic carbocycles. The van der Waals surface area contributed by atoms with Gasteiger partial charge in [-0.15, -0.1) is 0 Å². The molecule has 0 saturated carbocycles. The minimum absolute atomic E-state index is 0.0697. The predicted octanol–water partition coefficient (Wildman–Crippen LogP) is 3.13. The molecule has 1 aromatic rings. The average Bonchev–Trinajstić information content (AvgIpc) is 2.92. The highest BCUT2D eigenvalue weighted by molar-refractivity contribution is 5.95. The molecule has 4 heteroatoms. The molecule has 2 amide bonds. The van der Waals surface area contributed by atoms with Crippen molar-refractivity contribution in [1.82, 2.24) is 5.32 Å². The Morgan fingerprint density at radius 1 is 1.36 bits per heavy atom. The lowest BCUT2D eigenvalue weighted by atomic mass is 10.1. The Balaban J connectivity index is 1.92. The van der Waals surface area contributed by atoms with E-state index in [-0.39, 0.29) is 17.9 Å². The van der Waals surface area contributed by atoms with Gasteiger partial charge in [0.2, 0.25) is 11.8 Å². The van der Waals surface area contributed by atoms with E-state index in [9.17, 15) is 9.59 Å². The van der Waals surface area contributed by atoms with Crippen molar-refractivity contribution in [3.63, 3.8) is 0 Å². The highest BCUT2D eigenvalue weighted by Gasteiger charge is 2.21. The van der Waals surface area contributed by atoms with Crippen LogP contribution in [0.25, 0.3) is 6.08 Å². The molecule has 0 radical (unpaired) electrons. The second-order valence-electron chi connectivity index (χ2n) is 5.77. The lowest BCUT2D eigenvalue weighted by Gasteiger charge is -2.15. The number of hydrogen-bond acceptors (Lipinski definition) is 2. The van der Waals surface area contributed by atoms with Crippen LogP contribution in [0.2, 0.25) is 0 Å². The first-order valence-electron chi connectivity index (χ1n) is 7.99. The first kappa shape index (κ1) is 16.3. The molecule has 1 aliphatic rings. The largest absolute Gasteiger partial charge is 0.350 e. The van der Waals surface area contributed by atoms with E-state index in [4.69, 9.17) is 0 Å². The third kappa shape index (κ3) is 4.45. The van der Waals surface area contributed by atoms with Crippen LogP contribution in [-0.2, 0) is 9.59 Å². The molecule has 1 unspecified atom stereocenters. The summed E-state index contributed by atoms with van der Waals surface area (Å²) in [6.07, 6.45) is 6.96. The molecule has 1 atom stereocenters. The van der Waals surface area contributed by atoms with Gasteiger partial charge in [0.15, 0.2) is 0 Å². The van der Waals surface area contributed by atoms with Crippen molar-refractivity contribution in [2.24, 2.45) is 0 Å². The first-order chi connectivity index (χ1) is 10.6. The molecule has 0 bridgehead atoms. The van der Waals surface area contributed by atoms with Crippen molar-refractivity contribution in [1.29, 1.82) is 0 Å². The van der Waals surface area contributed by atoms with Crippen LogP contribution >= 0.6 is 0 Å². The lowest BCUT2D eigenvalue weighted by Crippen LogP contribution is -2.30. The maximum absolute atomic E-state index is 11.8. The summed E-state index contributed by atoms with van der Waals surface area (Å²) < 4.78 is 0. The van der Waals surface area contributed by atoms with E-state index in [1.807, 2.05) is 36.1 Å². The summed E-state index contributed by atoms with van der Waals surface area (Å²) >= 11 is 0. The maximum Gasteiger partial charge on any atom is 0.244 e. The topological polar surface area (TPSA) is 49.4 Å². The van der Waals surface area contributed by atoms with Crippen molar-refractivity contribution in [2.45, 2.75) is 45.6 Å². The summed E-state index contributed by atoms with van der Waals surface area (Å²) in [4.78, 5) is 25.3. The average molecular weight is 300 g/mol. The Hall–Kier alpha value is -2.10. The fraction of sp³-hybridized carbons (Fsp3) is 0.444. The van der Waals surface area contributed by atoms with Gasteiger partial charge in [-0.1, -0.05) is 25.5 Å². The Morgan fingerprint density at radius 2 is 2.09 bits per heavy atom. The number of nitrogens with one attached hydrogen (secondary N) is 1. The molecular formula is C18H24N2O2. The molecule has 1 aliphatic heterocycles. The number of anilines is 1. The Bertz CT molecular complexity index is 549.